The largest absolute Gasteiger partial charge is 0.265 e. The van der Waals surface area contributed by atoms with E-state index in [0.29, 0.717) is 0 Å². The van der Waals surface area contributed by atoms with Crippen molar-refractivity contribution in [2.24, 2.45) is 0 Å². The SMILES string of the molecule is Fc1ccc(C(F)F)c(Cl)c1. The summed E-state index contributed by atoms with van der Waals surface area (Å²) in [5.74, 6) is -0.612. The average Bonchev–Trinajstić information content (AvgIpc) is 1.85. The molecule has 60 valence electrons. The highest BCUT2D eigenvalue weighted by molar-refractivity contribution is 6.31. The van der Waals surface area contributed by atoms with Crippen molar-refractivity contribution >= 4 is 11.6 Å². The van der Waals surface area contributed by atoms with Crippen LogP contribution in [0.5, 0.6) is 0 Å². The van der Waals surface area contributed by atoms with E-state index in [2.05, 4.69) is 0 Å². The van der Waals surface area contributed by atoms with E-state index in [-0.39, 0.29) is 10.6 Å². The molecule has 0 nitrogen and oxygen atoms in total. The van der Waals surface area contributed by atoms with Crippen LogP contribution in [0, 0.1) is 5.82 Å². The van der Waals surface area contributed by atoms with Crippen LogP contribution in [0.3, 0.4) is 0 Å². The van der Waals surface area contributed by atoms with Gasteiger partial charge in [-0.1, -0.05) is 11.6 Å². The molecule has 0 N–H and O–H groups in total. The Morgan fingerprint density at radius 2 is 1.91 bits per heavy atom. The molecule has 0 aliphatic carbocycles. The van der Waals surface area contributed by atoms with Crippen molar-refractivity contribution in [1.29, 1.82) is 0 Å². The quantitative estimate of drug-likeness (QED) is 0.621. The van der Waals surface area contributed by atoms with Crippen LogP contribution in [0.25, 0.3) is 0 Å². The Hall–Kier alpha value is -0.700. The molecule has 0 amide bonds. The molecular weight excluding hydrogens is 177 g/mol. The van der Waals surface area contributed by atoms with Gasteiger partial charge in [0.15, 0.2) is 0 Å². The summed E-state index contributed by atoms with van der Waals surface area (Å²) in [4.78, 5) is 0. The summed E-state index contributed by atoms with van der Waals surface area (Å²) >= 11 is 5.30. The second kappa shape index (κ2) is 3.13. The fourth-order valence-electron chi connectivity index (χ4n) is 0.678. The van der Waals surface area contributed by atoms with Crippen molar-refractivity contribution in [3.8, 4) is 0 Å². The van der Waals surface area contributed by atoms with Crippen molar-refractivity contribution in [2.75, 3.05) is 0 Å². The van der Waals surface area contributed by atoms with Crippen LogP contribution in [-0.4, -0.2) is 0 Å². The standard InChI is InChI=1S/C7H4ClF3/c8-6-3-4(9)1-2-5(6)7(10)11/h1-3,7H. The van der Waals surface area contributed by atoms with Gasteiger partial charge in [0.25, 0.3) is 6.43 Å². The second-order valence-electron chi connectivity index (χ2n) is 1.97. The molecule has 0 fully saturated rings. The molecule has 0 bridgehead atoms. The summed E-state index contributed by atoms with van der Waals surface area (Å²) in [7, 11) is 0. The second-order valence-corrected chi connectivity index (χ2v) is 2.37. The van der Waals surface area contributed by atoms with Crippen LogP contribution < -0.4 is 0 Å². The Balaban J connectivity index is 3.09. The van der Waals surface area contributed by atoms with Gasteiger partial charge in [-0.15, -0.1) is 0 Å². The normalized spacial score (nSPS) is 10.6. The number of alkyl halides is 2. The predicted octanol–water partition coefficient (Wildman–Crippen LogP) is 3.42. The zero-order chi connectivity index (χ0) is 8.43. The van der Waals surface area contributed by atoms with Crippen molar-refractivity contribution < 1.29 is 13.2 Å². The van der Waals surface area contributed by atoms with Crippen molar-refractivity contribution in [2.45, 2.75) is 6.43 Å². The Morgan fingerprint density at radius 1 is 1.27 bits per heavy atom. The third-order valence-corrected chi connectivity index (χ3v) is 1.52. The number of halogens is 4. The minimum atomic E-state index is -2.65. The molecule has 1 rings (SSSR count). The number of hydrogen-bond acceptors (Lipinski definition) is 0. The highest BCUT2D eigenvalue weighted by Crippen LogP contribution is 2.26. The van der Waals surface area contributed by atoms with E-state index < -0.39 is 12.2 Å². The first-order chi connectivity index (χ1) is 5.11. The van der Waals surface area contributed by atoms with Crippen LogP contribution in [-0.2, 0) is 0 Å². The topological polar surface area (TPSA) is 0 Å². The molecule has 0 aliphatic heterocycles. The maximum Gasteiger partial charge on any atom is 0.265 e. The Kier molecular flexibility index (Phi) is 2.39. The van der Waals surface area contributed by atoms with Crippen LogP contribution >= 0.6 is 11.6 Å². The first-order valence-electron chi connectivity index (χ1n) is 2.84. The molecule has 0 aromatic heterocycles. The summed E-state index contributed by atoms with van der Waals surface area (Å²) in [5.41, 5.74) is -0.340. The van der Waals surface area contributed by atoms with Crippen LogP contribution in [0.15, 0.2) is 18.2 Å². The molecule has 1 aromatic rings. The Labute approximate surface area is 66.6 Å². The number of hydrogen-bond donors (Lipinski definition) is 0. The fraction of sp³-hybridized carbons (Fsp3) is 0.143. The number of rotatable bonds is 1. The molecule has 0 unspecified atom stereocenters. The lowest BCUT2D eigenvalue weighted by molar-refractivity contribution is 0.151. The third kappa shape index (κ3) is 1.87. The Morgan fingerprint density at radius 3 is 2.36 bits per heavy atom. The van der Waals surface area contributed by atoms with Gasteiger partial charge >= 0.3 is 0 Å². The van der Waals surface area contributed by atoms with Crippen LogP contribution in [0.2, 0.25) is 5.02 Å². The van der Waals surface area contributed by atoms with E-state index in [9.17, 15) is 13.2 Å². The maximum absolute atomic E-state index is 12.3. The Bertz CT molecular complexity index is 260. The minimum absolute atomic E-state index is 0.236. The average molecular weight is 181 g/mol. The summed E-state index contributed by atoms with van der Waals surface area (Å²) in [6.45, 7) is 0. The van der Waals surface area contributed by atoms with Gasteiger partial charge in [0, 0.05) is 5.56 Å². The molecule has 11 heavy (non-hydrogen) atoms. The first kappa shape index (κ1) is 8.40. The van der Waals surface area contributed by atoms with E-state index in [1.54, 1.807) is 0 Å². The lowest BCUT2D eigenvalue weighted by Crippen LogP contribution is -1.86. The van der Waals surface area contributed by atoms with Crippen molar-refractivity contribution in [1.82, 2.24) is 0 Å². The molecule has 0 saturated carbocycles. The van der Waals surface area contributed by atoms with Gasteiger partial charge in [-0.2, -0.15) is 0 Å². The number of benzene rings is 1. The van der Waals surface area contributed by atoms with E-state index in [1.807, 2.05) is 0 Å². The molecule has 0 saturated heterocycles. The third-order valence-electron chi connectivity index (χ3n) is 1.20. The molecule has 0 spiro atoms. The van der Waals surface area contributed by atoms with Gasteiger partial charge in [-0.3, -0.25) is 0 Å². The first-order valence-corrected chi connectivity index (χ1v) is 3.22. The van der Waals surface area contributed by atoms with Gasteiger partial charge in [0.1, 0.15) is 5.82 Å². The van der Waals surface area contributed by atoms with E-state index in [1.165, 1.54) is 0 Å². The lowest BCUT2D eigenvalue weighted by Gasteiger charge is -2.00. The van der Waals surface area contributed by atoms with Crippen LogP contribution in [0.4, 0.5) is 13.2 Å². The highest BCUT2D eigenvalue weighted by atomic mass is 35.5. The zero-order valence-electron chi connectivity index (χ0n) is 5.32. The maximum atomic E-state index is 12.3. The fourth-order valence-corrected chi connectivity index (χ4v) is 0.928. The smallest absolute Gasteiger partial charge is 0.207 e. The molecule has 4 heteroatoms. The van der Waals surface area contributed by atoms with Gasteiger partial charge in [-0.05, 0) is 18.2 Å². The van der Waals surface area contributed by atoms with Gasteiger partial charge in [0.05, 0.1) is 5.02 Å². The molecule has 1 aromatic carbocycles. The van der Waals surface area contributed by atoms with E-state index in [0.717, 1.165) is 18.2 Å². The summed E-state index contributed by atoms with van der Waals surface area (Å²) < 4.78 is 36.2. The van der Waals surface area contributed by atoms with Crippen molar-refractivity contribution in [3.05, 3.63) is 34.6 Å². The van der Waals surface area contributed by atoms with Crippen molar-refractivity contribution in [3.63, 3.8) is 0 Å². The molecule has 0 atom stereocenters. The summed E-state index contributed by atoms with van der Waals surface area (Å²) in [6.07, 6.45) is -2.65. The molecule has 0 aliphatic rings. The molecule has 0 radical (unpaired) electrons. The summed E-state index contributed by atoms with van der Waals surface area (Å²) in [6, 6.07) is 2.79. The highest BCUT2D eigenvalue weighted by Gasteiger charge is 2.11. The molecule has 0 heterocycles. The lowest BCUT2D eigenvalue weighted by atomic mass is 10.2. The monoisotopic (exact) mass is 180 g/mol. The molecular formula is C7H4ClF3. The van der Waals surface area contributed by atoms with Crippen LogP contribution in [0.1, 0.15) is 12.0 Å². The predicted molar refractivity (Wildman–Crippen MR) is 36.4 cm³/mol. The van der Waals surface area contributed by atoms with Gasteiger partial charge in [-0.25, -0.2) is 13.2 Å². The van der Waals surface area contributed by atoms with Gasteiger partial charge in [0.2, 0.25) is 0 Å². The van der Waals surface area contributed by atoms with E-state index in [4.69, 9.17) is 11.6 Å². The minimum Gasteiger partial charge on any atom is -0.207 e. The summed E-state index contributed by atoms with van der Waals surface area (Å²) in [5, 5.41) is -0.236. The van der Waals surface area contributed by atoms with Gasteiger partial charge < -0.3 is 0 Å². The van der Waals surface area contributed by atoms with E-state index >= 15 is 0 Å². The zero-order valence-corrected chi connectivity index (χ0v) is 6.08.